The smallest absolute Gasteiger partial charge is 0.262 e. The molecule has 0 amide bonds. The van der Waals surface area contributed by atoms with Gasteiger partial charge >= 0.3 is 0 Å². The van der Waals surface area contributed by atoms with Crippen LogP contribution in [0.1, 0.15) is 0 Å². The van der Waals surface area contributed by atoms with Crippen LogP contribution in [-0.4, -0.2) is 4.98 Å². The third kappa shape index (κ3) is 1.45. The molecule has 2 rings (SSSR count). The van der Waals surface area contributed by atoms with E-state index in [0.717, 1.165) is 10.9 Å². The third-order valence-electron chi connectivity index (χ3n) is 1.82. The van der Waals surface area contributed by atoms with Crippen LogP contribution in [0.25, 0.3) is 10.9 Å². The first-order valence-electron chi connectivity index (χ1n) is 3.75. The Morgan fingerprint density at radius 1 is 1.31 bits per heavy atom. The second-order valence-electron chi connectivity index (χ2n) is 2.79. The Hall–Kier alpha value is -1.29. The van der Waals surface area contributed by atoms with Gasteiger partial charge in [0.2, 0.25) is 0 Å². The summed E-state index contributed by atoms with van der Waals surface area (Å²) >= 11 is 3.16. The highest BCUT2D eigenvalue weighted by Gasteiger charge is 1.99. The lowest BCUT2D eigenvalue weighted by atomic mass is 10.2. The fraction of sp³-hybridized carbons (Fsp3) is 0. The molecular weight excluding hydrogens is 232 g/mol. The van der Waals surface area contributed by atoms with Gasteiger partial charge in [0.1, 0.15) is 0 Å². The van der Waals surface area contributed by atoms with Gasteiger partial charge < -0.3 is 10.7 Å². The minimum Gasteiger partial charge on any atom is -0.399 e. The van der Waals surface area contributed by atoms with Crippen LogP contribution in [0.15, 0.2) is 33.5 Å². The highest BCUT2D eigenvalue weighted by Crippen LogP contribution is 2.16. The first kappa shape index (κ1) is 8.31. The Labute approximate surface area is 82.7 Å². The number of H-pyrrole nitrogens is 1. The first-order valence-corrected chi connectivity index (χ1v) is 4.54. The summed E-state index contributed by atoms with van der Waals surface area (Å²) in [6.45, 7) is 0. The van der Waals surface area contributed by atoms with Crippen LogP contribution in [0.5, 0.6) is 0 Å². The molecule has 0 fully saturated rings. The van der Waals surface area contributed by atoms with Crippen LogP contribution in [0.2, 0.25) is 0 Å². The molecule has 0 aliphatic rings. The van der Waals surface area contributed by atoms with E-state index in [1.165, 1.54) is 0 Å². The summed E-state index contributed by atoms with van der Waals surface area (Å²) in [6.07, 6.45) is 0. The van der Waals surface area contributed by atoms with Crippen LogP contribution < -0.4 is 11.3 Å². The van der Waals surface area contributed by atoms with Crippen molar-refractivity contribution in [3.05, 3.63) is 39.1 Å². The zero-order valence-corrected chi connectivity index (χ0v) is 8.26. The van der Waals surface area contributed by atoms with Crippen molar-refractivity contribution in [3.63, 3.8) is 0 Å². The number of rotatable bonds is 0. The summed E-state index contributed by atoms with van der Waals surface area (Å²) in [5.41, 5.74) is 6.84. The summed E-state index contributed by atoms with van der Waals surface area (Å²) in [4.78, 5) is 13.9. The van der Waals surface area contributed by atoms with E-state index in [1.807, 2.05) is 6.07 Å². The standard InChI is InChI=1S/C9H7BrN2O/c10-7-3-5-1-2-6(11)4-8(5)12-9(7)13/h1-4H,11H2,(H,12,13). The van der Waals surface area contributed by atoms with Crippen LogP contribution in [0.3, 0.4) is 0 Å². The molecule has 1 aromatic carbocycles. The van der Waals surface area contributed by atoms with Crippen molar-refractivity contribution in [1.29, 1.82) is 0 Å². The Balaban J connectivity index is 2.89. The van der Waals surface area contributed by atoms with E-state index in [1.54, 1.807) is 18.2 Å². The molecule has 4 heteroatoms. The molecule has 2 aromatic rings. The predicted octanol–water partition coefficient (Wildman–Crippen LogP) is 1.87. The predicted molar refractivity (Wildman–Crippen MR) is 56.7 cm³/mol. The zero-order valence-electron chi connectivity index (χ0n) is 6.67. The average molecular weight is 239 g/mol. The number of anilines is 1. The Morgan fingerprint density at radius 2 is 2.08 bits per heavy atom. The molecule has 0 atom stereocenters. The Bertz CT molecular complexity index is 518. The van der Waals surface area contributed by atoms with Crippen molar-refractivity contribution in [2.45, 2.75) is 0 Å². The van der Waals surface area contributed by atoms with E-state index < -0.39 is 0 Å². The molecule has 13 heavy (non-hydrogen) atoms. The number of benzene rings is 1. The van der Waals surface area contributed by atoms with Crippen LogP contribution >= 0.6 is 15.9 Å². The van der Waals surface area contributed by atoms with Gasteiger partial charge in [0.05, 0.1) is 9.99 Å². The second-order valence-corrected chi connectivity index (χ2v) is 3.65. The molecule has 0 saturated heterocycles. The summed E-state index contributed by atoms with van der Waals surface area (Å²) < 4.78 is 0.532. The summed E-state index contributed by atoms with van der Waals surface area (Å²) in [7, 11) is 0. The van der Waals surface area contributed by atoms with Gasteiger partial charge in [-0.05, 0) is 39.5 Å². The lowest BCUT2D eigenvalue weighted by Crippen LogP contribution is -2.05. The van der Waals surface area contributed by atoms with Gasteiger partial charge in [0.15, 0.2) is 0 Å². The summed E-state index contributed by atoms with van der Waals surface area (Å²) in [6, 6.07) is 7.18. The Morgan fingerprint density at radius 3 is 2.85 bits per heavy atom. The number of nitrogens with one attached hydrogen (secondary N) is 1. The SMILES string of the molecule is Nc1ccc2cc(Br)c(=O)[nH]c2c1. The maximum atomic E-state index is 11.2. The minimum atomic E-state index is -0.141. The van der Waals surface area contributed by atoms with Gasteiger partial charge in [0.25, 0.3) is 5.56 Å². The number of nitrogens with two attached hydrogens (primary N) is 1. The molecule has 1 aromatic heterocycles. The maximum Gasteiger partial charge on any atom is 0.262 e. The molecule has 0 aliphatic carbocycles. The van der Waals surface area contributed by atoms with Gasteiger partial charge in [-0.15, -0.1) is 0 Å². The molecule has 0 bridgehead atoms. The largest absolute Gasteiger partial charge is 0.399 e. The lowest BCUT2D eigenvalue weighted by Gasteiger charge is -1.99. The van der Waals surface area contributed by atoms with Gasteiger partial charge in [-0.1, -0.05) is 6.07 Å². The van der Waals surface area contributed by atoms with E-state index in [0.29, 0.717) is 10.2 Å². The highest BCUT2D eigenvalue weighted by atomic mass is 79.9. The van der Waals surface area contributed by atoms with E-state index in [2.05, 4.69) is 20.9 Å². The van der Waals surface area contributed by atoms with E-state index in [-0.39, 0.29) is 5.56 Å². The van der Waals surface area contributed by atoms with E-state index >= 15 is 0 Å². The summed E-state index contributed by atoms with van der Waals surface area (Å²) in [5, 5.41) is 0.959. The monoisotopic (exact) mass is 238 g/mol. The molecule has 0 spiro atoms. The van der Waals surface area contributed by atoms with Crippen LogP contribution in [-0.2, 0) is 0 Å². The second kappa shape index (κ2) is 2.88. The number of aromatic amines is 1. The van der Waals surface area contributed by atoms with Crippen LogP contribution in [0, 0.1) is 0 Å². The van der Waals surface area contributed by atoms with Crippen molar-refractivity contribution >= 4 is 32.5 Å². The number of hydrogen-bond acceptors (Lipinski definition) is 2. The maximum absolute atomic E-state index is 11.2. The molecule has 0 aliphatic heterocycles. The number of aromatic nitrogens is 1. The van der Waals surface area contributed by atoms with Gasteiger partial charge in [-0.2, -0.15) is 0 Å². The topological polar surface area (TPSA) is 58.9 Å². The Kier molecular flexibility index (Phi) is 1.84. The van der Waals surface area contributed by atoms with Crippen molar-refractivity contribution in [2.75, 3.05) is 5.73 Å². The normalized spacial score (nSPS) is 10.5. The van der Waals surface area contributed by atoms with E-state index in [4.69, 9.17) is 5.73 Å². The van der Waals surface area contributed by atoms with Crippen molar-refractivity contribution < 1.29 is 0 Å². The fourth-order valence-electron chi connectivity index (χ4n) is 1.19. The first-order chi connectivity index (χ1) is 6.16. The molecule has 66 valence electrons. The third-order valence-corrected chi connectivity index (χ3v) is 2.41. The van der Waals surface area contributed by atoms with Crippen molar-refractivity contribution in [3.8, 4) is 0 Å². The molecule has 1 heterocycles. The number of hydrogen-bond donors (Lipinski definition) is 2. The highest BCUT2D eigenvalue weighted by molar-refractivity contribution is 9.10. The number of nitrogen functional groups attached to an aromatic ring is 1. The van der Waals surface area contributed by atoms with Crippen molar-refractivity contribution in [2.24, 2.45) is 0 Å². The lowest BCUT2D eigenvalue weighted by molar-refractivity contribution is 1.28. The van der Waals surface area contributed by atoms with E-state index in [9.17, 15) is 4.79 Å². The summed E-state index contributed by atoms with van der Waals surface area (Å²) in [5.74, 6) is 0. The van der Waals surface area contributed by atoms with Gasteiger partial charge in [0, 0.05) is 5.69 Å². The van der Waals surface area contributed by atoms with Gasteiger partial charge in [-0.25, -0.2) is 0 Å². The molecule has 3 N–H and O–H groups in total. The van der Waals surface area contributed by atoms with Crippen molar-refractivity contribution in [1.82, 2.24) is 4.98 Å². The van der Waals surface area contributed by atoms with Gasteiger partial charge in [-0.3, -0.25) is 4.79 Å². The fourth-order valence-corrected chi connectivity index (χ4v) is 1.54. The molecular formula is C9H7BrN2O. The number of fused-ring (bicyclic) bond motifs is 1. The van der Waals surface area contributed by atoms with Crippen LogP contribution in [0.4, 0.5) is 5.69 Å². The minimum absolute atomic E-state index is 0.141. The molecule has 0 unspecified atom stereocenters. The quantitative estimate of drug-likeness (QED) is 0.689. The number of halogens is 1. The molecule has 0 saturated carbocycles. The molecule has 3 nitrogen and oxygen atoms in total. The zero-order chi connectivity index (χ0) is 9.42. The molecule has 0 radical (unpaired) electrons. The number of pyridine rings is 1. The average Bonchev–Trinajstić information content (AvgIpc) is 2.08.